The molecule has 0 spiro atoms. The van der Waals surface area contributed by atoms with Crippen molar-refractivity contribution in [3.8, 4) is 0 Å². The van der Waals surface area contributed by atoms with Crippen LogP contribution >= 0.6 is 0 Å². The van der Waals surface area contributed by atoms with Gasteiger partial charge in [-0.15, -0.1) is 0 Å². The van der Waals surface area contributed by atoms with Gasteiger partial charge in [0.2, 0.25) is 5.78 Å². The SMILES string of the molecule is O=CC(F)(F)C(=O)CF. The summed E-state index contributed by atoms with van der Waals surface area (Å²) in [5.41, 5.74) is 0. The van der Waals surface area contributed by atoms with E-state index in [4.69, 9.17) is 0 Å². The van der Waals surface area contributed by atoms with E-state index >= 15 is 0 Å². The number of hydrogen-bond donors (Lipinski definition) is 0. The topological polar surface area (TPSA) is 34.1 Å². The molecule has 52 valence electrons. The second-order valence-corrected chi connectivity index (χ2v) is 1.30. The first-order chi connectivity index (χ1) is 4.04. The number of halogens is 3. The predicted molar refractivity (Wildman–Crippen MR) is 22.0 cm³/mol. The van der Waals surface area contributed by atoms with E-state index in [0.717, 1.165) is 0 Å². The van der Waals surface area contributed by atoms with Crippen molar-refractivity contribution < 1.29 is 22.8 Å². The Morgan fingerprint density at radius 2 is 2.00 bits per heavy atom. The van der Waals surface area contributed by atoms with Crippen molar-refractivity contribution in [1.82, 2.24) is 0 Å². The predicted octanol–water partition coefficient (Wildman–Crippen LogP) is 0.359. The third-order valence-electron chi connectivity index (χ3n) is 0.641. The highest BCUT2D eigenvalue weighted by atomic mass is 19.3. The Hall–Kier alpha value is -0.870. The molecule has 0 aromatic heterocycles. The van der Waals surface area contributed by atoms with Crippen LogP contribution < -0.4 is 0 Å². The van der Waals surface area contributed by atoms with Gasteiger partial charge in [-0.2, -0.15) is 8.78 Å². The average Bonchev–Trinajstić information content (AvgIpc) is 1.86. The lowest BCUT2D eigenvalue weighted by atomic mass is 10.2. The third kappa shape index (κ3) is 1.83. The highest BCUT2D eigenvalue weighted by Gasteiger charge is 2.37. The average molecular weight is 140 g/mol. The summed E-state index contributed by atoms with van der Waals surface area (Å²) in [6.45, 7) is -1.81. The fourth-order valence-corrected chi connectivity index (χ4v) is 0.155. The van der Waals surface area contributed by atoms with Gasteiger partial charge in [-0.1, -0.05) is 0 Å². The molecule has 0 saturated heterocycles. The van der Waals surface area contributed by atoms with Gasteiger partial charge < -0.3 is 0 Å². The lowest BCUT2D eigenvalue weighted by molar-refractivity contribution is -0.149. The van der Waals surface area contributed by atoms with Crippen LogP contribution in [0.15, 0.2) is 0 Å². The van der Waals surface area contributed by atoms with E-state index in [1.807, 2.05) is 0 Å². The number of Topliss-reactive ketones (excluding diaryl/α,β-unsaturated/α-hetero) is 1. The summed E-state index contributed by atoms with van der Waals surface area (Å²) in [4.78, 5) is 19.0. The molecule has 0 aromatic rings. The highest BCUT2D eigenvalue weighted by Crippen LogP contribution is 2.10. The fraction of sp³-hybridized carbons (Fsp3) is 0.500. The molecule has 0 aliphatic carbocycles. The van der Waals surface area contributed by atoms with Crippen LogP contribution in [-0.2, 0) is 9.59 Å². The van der Waals surface area contributed by atoms with Crippen molar-refractivity contribution in [1.29, 1.82) is 0 Å². The zero-order valence-electron chi connectivity index (χ0n) is 4.23. The molecule has 0 atom stereocenters. The van der Waals surface area contributed by atoms with Gasteiger partial charge in [0.05, 0.1) is 0 Å². The molecule has 0 saturated carbocycles. The van der Waals surface area contributed by atoms with E-state index in [0.29, 0.717) is 0 Å². The number of aldehydes is 1. The first kappa shape index (κ1) is 8.13. The van der Waals surface area contributed by atoms with Crippen molar-refractivity contribution in [2.24, 2.45) is 0 Å². The van der Waals surface area contributed by atoms with E-state index in [1.165, 1.54) is 0 Å². The smallest absolute Gasteiger partial charge is 0.296 e. The minimum Gasteiger partial charge on any atom is -0.296 e. The summed E-state index contributed by atoms with van der Waals surface area (Å²) in [7, 11) is 0. The van der Waals surface area contributed by atoms with Crippen molar-refractivity contribution >= 4 is 12.1 Å². The number of rotatable bonds is 3. The van der Waals surface area contributed by atoms with E-state index in [1.54, 1.807) is 0 Å². The molecule has 0 unspecified atom stereocenters. The minimum absolute atomic E-state index is 0.880. The quantitative estimate of drug-likeness (QED) is 0.419. The standard InChI is InChI=1S/C4H3F3O2/c5-1-3(9)4(6,7)2-8/h2H,1H2. The summed E-state index contributed by atoms with van der Waals surface area (Å²) in [5.74, 6) is -6.15. The van der Waals surface area contributed by atoms with E-state index < -0.39 is 24.7 Å². The van der Waals surface area contributed by atoms with Gasteiger partial charge in [-0.05, 0) is 0 Å². The Kier molecular flexibility index (Phi) is 2.36. The van der Waals surface area contributed by atoms with Gasteiger partial charge in [0, 0.05) is 0 Å². The molecule has 0 N–H and O–H groups in total. The van der Waals surface area contributed by atoms with Crippen LogP contribution in [0.3, 0.4) is 0 Å². The molecule has 0 amide bonds. The molecule has 2 nitrogen and oxygen atoms in total. The van der Waals surface area contributed by atoms with E-state index in [9.17, 15) is 22.8 Å². The molecular weight excluding hydrogens is 137 g/mol. The molecule has 0 bridgehead atoms. The maximum absolute atomic E-state index is 11.6. The van der Waals surface area contributed by atoms with Gasteiger partial charge in [0.1, 0.15) is 0 Å². The number of hydrogen-bond acceptors (Lipinski definition) is 2. The monoisotopic (exact) mass is 140 g/mol. The molecule has 9 heavy (non-hydrogen) atoms. The van der Waals surface area contributed by atoms with Crippen molar-refractivity contribution in [3.05, 3.63) is 0 Å². The lowest BCUT2D eigenvalue weighted by Gasteiger charge is -2.01. The lowest BCUT2D eigenvalue weighted by Crippen LogP contribution is -2.31. The molecule has 0 heterocycles. The Balaban J connectivity index is 4.14. The van der Waals surface area contributed by atoms with Crippen molar-refractivity contribution in [2.75, 3.05) is 6.67 Å². The number of alkyl halides is 3. The summed E-state index contributed by atoms with van der Waals surface area (Å²) in [6.07, 6.45) is -0.880. The first-order valence-corrected chi connectivity index (χ1v) is 1.98. The van der Waals surface area contributed by atoms with Gasteiger partial charge in [0.15, 0.2) is 13.0 Å². The number of ketones is 1. The Morgan fingerprint density at radius 3 is 2.11 bits per heavy atom. The molecule has 5 heteroatoms. The molecule has 0 rings (SSSR count). The normalized spacial score (nSPS) is 11.0. The molecule has 0 aliphatic rings. The fourth-order valence-electron chi connectivity index (χ4n) is 0.155. The first-order valence-electron chi connectivity index (χ1n) is 1.98. The minimum atomic E-state index is -4.14. The second-order valence-electron chi connectivity index (χ2n) is 1.30. The van der Waals surface area contributed by atoms with Crippen molar-refractivity contribution in [3.63, 3.8) is 0 Å². The number of carbonyl (C=O) groups excluding carboxylic acids is 2. The third-order valence-corrected chi connectivity index (χ3v) is 0.641. The maximum Gasteiger partial charge on any atom is 0.362 e. The maximum atomic E-state index is 11.6. The van der Waals surface area contributed by atoms with Gasteiger partial charge >= 0.3 is 5.92 Å². The van der Waals surface area contributed by atoms with Gasteiger partial charge in [-0.3, -0.25) is 9.59 Å². The number of carbonyl (C=O) groups is 2. The van der Waals surface area contributed by atoms with Crippen LogP contribution in [0.5, 0.6) is 0 Å². The van der Waals surface area contributed by atoms with Crippen LogP contribution in [0.25, 0.3) is 0 Å². The molecular formula is C4H3F3O2. The Morgan fingerprint density at radius 1 is 1.56 bits per heavy atom. The van der Waals surface area contributed by atoms with Gasteiger partial charge in [-0.25, -0.2) is 4.39 Å². The van der Waals surface area contributed by atoms with Crippen LogP contribution in [0, 0.1) is 0 Å². The second kappa shape index (κ2) is 2.61. The van der Waals surface area contributed by atoms with Crippen molar-refractivity contribution in [2.45, 2.75) is 5.92 Å². The molecule has 0 radical (unpaired) electrons. The zero-order chi connectivity index (χ0) is 7.49. The highest BCUT2D eigenvalue weighted by molar-refractivity contribution is 6.00. The molecule has 0 aliphatic heterocycles. The van der Waals surface area contributed by atoms with E-state index in [-0.39, 0.29) is 0 Å². The van der Waals surface area contributed by atoms with Crippen LogP contribution in [0.1, 0.15) is 0 Å². The van der Waals surface area contributed by atoms with E-state index in [2.05, 4.69) is 0 Å². The summed E-state index contributed by atoms with van der Waals surface area (Å²) in [5, 5.41) is 0. The van der Waals surface area contributed by atoms with Crippen LogP contribution in [-0.4, -0.2) is 24.7 Å². The Labute approximate surface area is 48.7 Å². The van der Waals surface area contributed by atoms with Gasteiger partial charge in [0.25, 0.3) is 0 Å². The largest absolute Gasteiger partial charge is 0.362 e. The summed E-state index contributed by atoms with van der Waals surface area (Å²) < 4.78 is 34.3. The summed E-state index contributed by atoms with van der Waals surface area (Å²) in [6, 6.07) is 0. The summed E-state index contributed by atoms with van der Waals surface area (Å²) >= 11 is 0. The molecule has 0 aromatic carbocycles. The van der Waals surface area contributed by atoms with Crippen LogP contribution in [0.4, 0.5) is 13.2 Å². The molecule has 0 fully saturated rings. The Bertz CT molecular complexity index is 132. The zero-order valence-corrected chi connectivity index (χ0v) is 4.23. The van der Waals surface area contributed by atoms with Crippen LogP contribution in [0.2, 0.25) is 0 Å².